The minimum Gasteiger partial charge on any atom is -0.356 e. The number of rotatable bonds is 9. The summed E-state index contributed by atoms with van der Waals surface area (Å²) in [6.07, 6.45) is 0. The first-order chi connectivity index (χ1) is 13.7. The van der Waals surface area contributed by atoms with Crippen LogP contribution >= 0.6 is 35.3 Å². The maximum atomic E-state index is 12.3. The van der Waals surface area contributed by atoms with Crippen molar-refractivity contribution in [3.05, 3.63) is 56.8 Å². The van der Waals surface area contributed by atoms with Gasteiger partial charge in [0, 0.05) is 49.1 Å². The normalized spacial score (nSPS) is 12.2. The minimum atomic E-state index is -3.84. The van der Waals surface area contributed by atoms with Crippen LogP contribution in [0.4, 0.5) is 5.69 Å². The zero-order chi connectivity index (χ0) is 21.5. The van der Waals surface area contributed by atoms with E-state index in [1.165, 1.54) is 23.1 Å². The predicted octanol–water partition coefficient (Wildman–Crippen LogP) is 2.70. The molecule has 0 aliphatic carbocycles. The molecule has 0 bridgehead atoms. The fraction of sp³-hybridized carbons (Fsp3) is 0.389. The summed E-state index contributed by atoms with van der Waals surface area (Å²) >= 11 is 1.69. The number of nitro groups is 1. The van der Waals surface area contributed by atoms with Crippen molar-refractivity contribution in [3.8, 4) is 0 Å². The number of sulfonamides is 1. The Morgan fingerprint density at radius 3 is 2.53 bits per heavy atom. The van der Waals surface area contributed by atoms with Gasteiger partial charge in [-0.2, -0.15) is 0 Å². The van der Waals surface area contributed by atoms with Crippen molar-refractivity contribution in [2.45, 2.75) is 24.2 Å². The number of aliphatic imine (C=N–C) groups is 1. The zero-order valence-corrected chi connectivity index (χ0v) is 20.9. The van der Waals surface area contributed by atoms with Crippen molar-refractivity contribution in [2.75, 3.05) is 26.7 Å². The van der Waals surface area contributed by atoms with E-state index in [2.05, 4.69) is 40.3 Å². The number of hydrogen-bond acceptors (Lipinski definition) is 6. The van der Waals surface area contributed by atoms with E-state index in [1.54, 1.807) is 18.4 Å². The molecule has 30 heavy (non-hydrogen) atoms. The number of halogens is 1. The summed E-state index contributed by atoms with van der Waals surface area (Å²) in [5.74, 6) is 0.559. The van der Waals surface area contributed by atoms with Gasteiger partial charge in [0.05, 0.1) is 9.82 Å². The molecule has 9 nitrogen and oxygen atoms in total. The third-order valence-corrected chi connectivity index (χ3v) is 6.85. The van der Waals surface area contributed by atoms with E-state index < -0.39 is 14.9 Å². The van der Waals surface area contributed by atoms with E-state index in [4.69, 9.17) is 0 Å². The Hall–Kier alpha value is -1.77. The molecule has 0 atom stereocenters. The molecule has 0 aliphatic rings. The second kappa shape index (κ2) is 11.6. The zero-order valence-electron chi connectivity index (χ0n) is 16.9. The summed E-state index contributed by atoms with van der Waals surface area (Å²) in [6, 6.07) is 9.03. The number of guanidine groups is 1. The van der Waals surface area contributed by atoms with Gasteiger partial charge in [-0.05, 0) is 17.5 Å². The molecule has 0 unspecified atom stereocenters. The van der Waals surface area contributed by atoms with Crippen molar-refractivity contribution in [3.63, 3.8) is 0 Å². The maximum Gasteiger partial charge on any atom is 0.270 e. The molecule has 166 valence electrons. The molecular weight excluding hydrogens is 541 g/mol. The lowest BCUT2D eigenvalue weighted by Crippen LogP contribution is -2.45. The number of nitro benzene ring substituents is 1. The van der Waals surface area contributed by atoms with Crippen molar-refractivity contribution in [2.24, 2.45) is 4.99 Å². The summed E-state index contributed by atoms with van der Waals surface area (Å²) in [5.41, 5.74) is -0.348. The van der Waals surface area contributed by atoms with Crippen LogP contribution in [-0.2, 0) is 15.4 Å². The summed E-state index contributed by atoms with van der Waals surface area (Å²) in [5, 5.41) is 19.1. The number of nitrogens with one attached hydrogen (secondary N) is 3. The minimum absolute atomic E-state index is 0. The summed E-state index contributed by atoms with van der Waals surface area (Å²) in [7, 11) is -2.20. The Labute approximate surface area is 197 Å². The molecule has 0 aliphatic heterocycles. The van der Waals surface area contributed by atoms with Gasteiger partial charge in [0.1, 0.15) is 0 Å². The lowest BCUT2D eigenvalue weighted by atomic mass is 9.91. The second-order valence-corrected chi connectivity index (χ2v) is 9.58. The van der Waals surface area contributed by atoms with Crippen molar-refractivity contribution in [1.82, 2.24) is 15.4 Å². The topological polar surface area (TPSA) is 126 Å². The molecule has 0 radical (unpaired) electrons. The van der Waals surface area contributed by atoms with Gasteiger partial charge in [-0.3, -0.25) is 15.1 Å². The average molecular weight is 567 g/mol. The second-order valence-electron chi connectivity index (χ2n) is 6.87. The fourth-order valence-corrected chi connectivity index (χ4v) is 4.41. The van der Waals surface area contributed by atoms with Gasteiger partial charge >= 0.3 is 0 Å². The smallest absolute Gasteiger partial charge is 0.270 e. The van der Waals surface area contributed by atoms with Crippen LogP contribution in [0.1, 0.15) is 18.7 Å². The summed E-state index contributed by atoms with van der Waals surface area (Å²) in [4.78, 5) is 15.4. The van der Waals surface area contributed by atoms with Crippen molar-refractivity contribution in [1.29, 1.82) is 0 Å². The molecule has 2 aromatic rings. The van der Waals surface area contributed by atoms with E-state index in [1.807, 2.05) is 11.4 Å². The largest absolute Gasteiger partial charge is 0.356 e. The third-order valence-electron chi connectivity index (χ3n) is 4.16. The van der Waals surface area contributed by atoms with Crippen molar-refractivity contribution < 1.29 is 13.3 Å². The van der Waals surface area contributed by atoms with Crippen LogP contribution in [0.5, 0.6) is 0 Å². The lowest BCUT2D eigenvalue weighted by Gasteiger charge is -2.25. The molecule has 0 amide bonds. The Bertz CT molecular complexity index is 963. The molecule has 12 heteroatoms. The molecule has 0 fully saturated rings. The predicted molar refractivity (Wildman–Crippen MR) is 130 cm³/mol. The van der Waals surface area contributed by atoms with E-state index >= 15 is 0 Å². The highest BCUT2D eigenvalue weighted by atomic mass is 127. The molecule has 1 aromatic heterocycles. The third kappa shape index (κ3) is 7.49. The van der Waals surface area contributed by atoms with Crippen molar-refractivity contribution >= 4 is 57.0 Å². The number of benzene rings is 1. The first-order valence-corrected chi connectivity index (χ1v) is 11.2. The van der Waals surface area contributed by atoms with Gasteiger partial charge in [-0.1, -0.05) is 26.0 Å². The number of hydrogen-bond donors (Lipinski definition) is 3. The summed E-state index contributed by atoms with van der Waals surface area (Å²) in [6.45, 7) is 5.32. The van der Waals surface area contributed by atoms with E-state index in [0.29, 0.717) is 19.0 Å². The van der Waals surface area contributed by atoms with Crippen LogP contribution in [0.3, 0.4) is 0 Å². The Morgan fingerprint density at radius 1 is 1.20 bits per heavy atom. The summed E-state index contributed by atoms with van der Waals surface area (Å²) < 4.78 is 27.0. The van der Waals surface area contributed by atoms with Gasteiger partial charge in [-0.25, -0.2) is 13.1 Å². The highest BCUT2D eigenvalue weighted by molar-refractivity contribution is 14.0. The van der Waals surface area contributed by atoms with Gasteiger partial charge < -0.3 is 10.6 Å². The lowest BCUT2D eigenvalue weighted by molar-refractivity contribution is -0.385. The van der Waals surface area contributed by atoms with Crippen LogP contribution in [-0.4, -0.2) is 46.0 Å². The van der Waals surface area contributed by atoms with Gasteiger partial charge in [0.25, 0.3) is 5.69 Å². The van der Waals surface area contributed by atoms with E-state index in [0.717, 1.165) is 6.07 Å². The molecule has 2 rings (SSSR count). The van der Waals surface area contributed by atoms with Crippen LogP contribution in [0, 0.1) is 10.1 Å². The number of thiophene rings is 1. The molecule has 0 saturated heterocycles. The Morgan fingerprint density at radius 2 is 1.93 bits per heavy atom. The van der Waals surface area contributed by atoms with Crippen LogP contribution in [0.25, 0.3) is 0 Å². The number of nitrogens with zero attached hydrogens (tertiary/aromatic N) is 2. The highest BCUT2D eigenvalue weighted by Gasteiger charge is 2.22. The molecular formula is C18H26IN5O4S2. The van der Waals surface area contributed by atoms with E-state index in [9.17, 15) is 18.5 Å². The molecule has 1 aromatic carbocycles. The van der Waals surface area contributed by atoms with Crippen LogP contribution < -0.4 is 15.4 Å². The average Bonchev–Trinajstić information content (AvgIpc) is 3.23. The quantitative estimate of drug-likeness (QED) is 0.107. The first-order valence-electron chi connectivity index (χ1n) is 8.88. The molecule has 1 heterocycles. The van der Waals surface area contributed by atoms with Gasteiger partial charge in [0.15, 0.2) is 5.96 Å². The van der Waals surface area contributed by atoms with Gasteiger partial charge in [0.2, 0.25) is 10.0 Å². The van der Waals surface area contributed by atoms with E-state index in [-0.39, 0.29) is 46.5 Å². The highest BCUT2D eigenvalue weighted by Crippen LogP contribution is 2.26. The fourth-order valence-electron chi connectivity index (χ4n) is 2.49. The van der Waals surface area contributed by atoms with Crippen LogP contribution in [0.15, 0.2) is 51.7 Å². The Balaban J connectivity index is 0.00000450. The maximum absolute atomic E-state index is 12.3. The molecule has 3 N–H and O–H groups in total. The Kier molecular flexibility index (Phi) is 10.1. The standard InChI is InChI=1S/C18H25N5O4S2.HI/c1-18(2,16-8-5-11-28-16)13-21-17(19-3)20-9-10-22-29(26,27)15-7-4-6-14(12-15)23(24)25;/h4-8,11-12,22H,9-10,13H2,1-3H3,(H2,19,20,21);1H. The number of non-ortho nitro benzene ring substituents is 1. The first kappa shape index (κ1) is 26.3. The van der Waals surface area contributed by atoms with Crippen LogP contribution in [0.2, 0.25) is 0 Å². The monoisotopic (exact) mass is 567 g/mol. The molecule has 0 saturated carbocycles. The van der Waals surface area contributed by atoms with Gasteiger partial charge in [-0.15, -0.1) is 35.3 Å². The molecule has 0 spiro atoms. The SMILES string of the molecule is CN=C(NCCNS(=O)(=O)c1cccc([N+](=O)[O-])c1)NCC(C)(C)c1cccs1.I.